The Bertz CT molecular complexity index is 832. The van der Waals surface area contributed by atoms with E-state index in [1.54, 1.807) is 0 Å². The number of hydrogen-bond donors (Lipinski definition) is 1. The first-order valence-corrected chi connectivity index (χ1v) is 7.03. The molecule has 0 saturated heterocycles. The van der Waals surface area contributed by atoms with Crippen molar-refractivity contribution < 1.29 is 4.79 Å². The minimum Gasteiger partial charge on any atom is -0.288 e. The SMILES string of the molecule is CC(C)CCn1c(=O)c(C(=O)Nc2nnnn2C)nn(C)c1=O. The van der Waals surface area contributed by atoms with Crippen molar-refractivity contribution in [3.63, 3.8) is 0 Å². The Morgan fingerprint density at radius 3 is 2.48 bits per heavy atom. The number of aromatic nitrogens is 7. The zero-order valence-corrected chi connectivity index (χ0v) is 13.3. The summed E-state index contributed by atoms with van der Waals surface area (Å²) in [6.07, 6.45) is 0.632. The first-order chi connectivity index (χ1) is 10.8. The van der Waals surface area contributed by atoms with E-state index in [1.807, 2.05) is 13.8 Å². The van der Waals surface area contributed by atoms with Crippen molar-refractivity contribution in [1.82, 2.24) is 34.6 Å². The van der Waals surface area contributed by atoms with Gasteiger partial charge in [0.1, 0.15) is 0 Å². The Morgan fingerprint density at radius 2 is 1.91 bits per heavy atom. The van der Waals surface area contributed by atoms with Crippen LogP contribution in [0.2, 0.25) is 0 Å². The number of anilines is 1. The highest BCUT2D eigenvalue weighted by atomic mass is 16.2. The molecule has 2 heterocycles. The van der Waals surface area contributed by atoms with Gasteiger partial charge in [-0.1, -0.05) is 18.9 Å². The lowest BCUT2D eigenvalue weighted by atomic mass is 10.1. The summed E-state index contributed by atoms with van der Waals surface area (Å²) in [4.78, 5) is 36.6. The first kappa shape index (κ1) is 16.5. The molecule has 0 saturated carbocycles. The van der Waals surface area contributed by atoms with Gasteiger partial charge >= 0.3 is 5.69 Å². The van der Waals surface area contributed by atoms with Gasteiger partial charge in [0.25, 0.3) is 11.5 Å². The van der Waals surface area contributed by atoms with Crippen LogP contribution in [0, 0.1) is 5.92 Å². The molecule has 2 rings (SSSR count). The fraction of sp³-hybridized carbons (Fsp3) is 0.583. The number of aryl methyl sites for hydroxylation is 2. The maximum Gasteiger partial charge on any atom is 0.347 e. The Labute approximate surface area is 130 Å². The Hall–Kier alpha value is -2.85. The standard InChI is InChI=1S/C12H18N8O3/c1-7(2)5-6-20-10(22)8(15-19(4)12(20)23)9(21)13-11-14-16-17-18(11)3/h7H,5-6H2,1-4H3,(H,13,14,17,21). The van der Waals surface area contributed by atoms with E-state index >= 15 is 0 Å². The van der Waals surface area contributed by atoms with Crippen molar-refractivity contribution >= 4 is 11.9 Å². The second kappa shape index (κ2) is 6.50. The number of amides is 1. The zero-order chi connectivity index (χ0) is 17.1. The highest BCUT2D eigenvalue weighted by molar-refractivity contribution is 6.01. The van der Waals surface area contributed by atoms with E-state index in [9.17, 15) is 14.4 Å². The van der Waals surface area contributed by atoms with Crippen molar-refractivity contribution in [2.24, 2.45) is 20.0 Å². The van der Waals surface area contributed by atoms with Crippen molar-refractivity contribution in [2.75, 3.05) is 5.32 Å². The minimum absolute atomic E-state index is 0.0683. The molecule has 2 aromatic heterocycles. The maximum atomic E-state index is 12.4. The summed E-state index contributed by atoms with van der Waals surface area (Å²) in [5.74, 6) is -0.401. The molecule has 0 bridgehead atoms. The highest BCUT2D eigenvalue weighted by Crippen LogP contribution is 2.01. The lowest BCUT2D eigenvalue weighted by Crippen LogP contribution is -2.44. The molecular weight excluding hydrogens is 304 g/mol. The molecule has 0 aliphatic heterocycles. The van der Waals surface area contributed by atoms with Crippen molar-refractivity contribution in [3.8, 4) is 0 Å². The van der Waals surface area contributed by atoms with E-state index < -0.39 is 17.2 Å². The van der Waals surface area contributed by atoms with Gasteiger partial charge in [0.05, 0.1) is 0 Å². The molecule has 0 fully saturated rings. The largest absolute Gasteiger partial charge is 0.347 e. The Balaban J connectivity index is 2.39. The van der Waals surface area contributed by atoms with Crippen molar-refractivity contribution in [2.45, 2.75) is 26.8 Å². The number of nitrogens with one attached hydrogen (secondary N) is 1. The van der Waals surface area contributed by atoms with Crippen LogP contribution in [0.4, 0.5) is 5.95 Å². The van der Waals surface area contributed by atoms with Crippen LogP contribution >= 0.6 is 0 Å². The normalized spacial score (nSPS) is 11.0. The lowest BCUT2D eigenvalue weighted by Gasteiger charge is -2.10. The van der Waals surface area contributed by atoms with E-state index in [4.69, 9.17) is 0 Å². The van der Waals surface area contributed by atoms with Gasteiger partial charge in [0.15, 0.2) is 0 Å². The number of rotatable bonds is 5. The molecule has 0 aliphatic rings. The monoisotopic (exact) mass is 322 g/mol. The number of carbonyl (C=O) groups excluding carboxylic acids is 1. The van der Waals surface area contributed by atoms with Crippen molar-refractivity contribution in [1.29, 1.82) is 0 Å². The van der Waals surface area contributed by atoms with Gasteiger partial charge in [-0.25, -0.2) is 14.2 Å². The molecule has 0 atom stereocenters. The van der Waals surface area contributed by atoms with Crippen LogP contribution in [0.25, 0.3) is 0 Å². The van der Waals surface area contributed by atoms with Crippen LogP contribution in [0.3, 0.4) is 0 Å². The zero-order valence-electron chi connectivity index (χ0n) is 13.3. The number of nitrogens with zero attached hydrogens (tertiary/aromatic N) is 7. The van der Waals surface area contributed by atoms with Crippen LogP contribution in [0.5, 0.6) is 0 Å². The molecule has 124 valence electrons. The van der Waals surface area contributed by atoms with Gasteiger partial charge in [-0.05, 0) is 22.8 Å². The molecule has 0 spiro atoms. The minimum atomic E-state index is -0.776. The molecule has 0 unspecified atom stereocenters. The third-order valence-corrected chi connectivity index (χ3v) is 3.20. The van der Waals surface area contributed by atoms with E-state index in [2.05, 4.69) is 25.9 Å². The second-order valence-electron chi connectivity index (χ2n) is 5.47. The lowest BCUT2D eigenvalue weighted by molar-refractivity contribution is 0.101. The van der Waals surface area contributed by atoms with Gasteiger partial charge in [-0.2, -0.15) is 5.10 Å². The Kier molecular flexibility index (Phi) is 4.67. The third kappa shape index (κ3) is 3.49. The van der Waals surface area contributed by atoms with E-state index in [1.165, 1.54) is 18.8 Å². The van der Waals surface area contributed by atoms with Crippen LogP contribution in [0.1, 0.15) is 30.8 Å². The second-order valence-corrected chi connectivity index (χ2v) is 5.47. The molecule has 11 heteroatoms. The van der Waals surface area contributed by atoms with Crippen LogP contribution < -0.4 is 16.6 Å². The van der Waals surface area contributed by atoms with E-state index in [0.29, 0.717) is 12.3 Å². The molecular formula is C12H18N8O3. The smallest absolute Gasteiger partial charge is 0.288 e. The van der Waals surface area contributed by atoms with Crippen LogP contribution in [-0.4, -0.2) is 40.5 Å². The molecule has 1 amide bonds. The van der Waals surface area contributed by atoms with Gasteiger partial charge in [-0.3, -0.25) is 19.5 Å². The molecule has 0 aromatic carbocycles. The van der Waals surface area contributed by atoms with Crippen molar-refractivity contribution in [3.05, 3.63) is 26.5 Å². The summed E-state index contributed by atoms with van der Waals surface area (Å²) in [6.45, 7) is 4.17. The summed E-state index contributed by atoms with van der Waals surface area (Å²) in [7, 11) is 2.92. The highest BCUT2D eigenvalue weighted by Gasteiger charge is 2.20. The predicted molar refractivity (Wildman–Crippen MR) is 79.9 cm³/mol. The molecule has 1 N–H and O–H groups in total. The fourth-order valence-electron chi connectivity index (χ4n) is 1.85. The van der Waals surface area contributed by atoms with Crippen LogP contribution in [0.15, 0.2) is 9.59 Å². The van der Waals surface area contributed by atoms with Crippen LogP contribution in [-0.2, 0) is 20.6 Å². The molecule has 0 radical (unpaired) electrons. The summed E-state index contributed by atoms with van der Waals surface area (Å²) in [5.41, 5.74) is -1.69. The quantitative estimate of drug-likeness (QED) is 0.729. The molecule has 11 nitrogen and oxygen atoms in total. The topological polar surface area (TPSA) is 130 Å². The molecule has 2 aromatic rings. The summed E-state index contributed by atoms with van der Waals surface area (Å²) < 4.78 is 3.21. The third-order valence-electron chi connectivity index (χ3n) is 3.20. The summed E-state index contributed by atoms with van der Waals surface area (Å²) in [6, 6.07) is 0. The number of tetrazole rings is 1. The average molecular weight is 322 g/mol. The Morgan fingerprint density at radius 1 is 1.22 bits per heavy atom. The van der Waals surface area contributed by atoms with E-state index in [0.717, 1.165) is 9.25 Å². The van der Waals surface area contributed by atoms with Gasteiger partial charge in [0.2, 0.25) is 11.6 Å². The first-order valence-electron chi connectivity index (χ1n) is 7.03. The number of carbonyl (C=O) groups is 1. The molecule has 0 aliphatic carbocycles. The van der Waals surface area contributed by atoms with Gasteiger partial charge in [0, 0.05) is 20.6 Å². The van der Waals surface area contributed by atoms with Gasteiger partial charge in [-0.15, -0.1) is 0 Å². The maximum absolute atomic E-state index is 12.4. The molecule has 23 heavy (non-hydrogen) atoms. The predicted octanol–water partition coefficient (Wildman–Crippen LogP) is -1.24. The summed E-state index contributed by atoms with van der Waals surface area (Å²) >= 11 is 0. The fourth-order valence-corrected chi connectivity index (χ4v) is 1.85. The van der Waals surface area contributed by atoms with Gasteiger partial charge < -0.3 is 0 Å². The summed E-state index contributed by atoms with van der Waals surface area (Å²) in [5, 5.41) is 16.7. The average Bonchev–Trinajstić information content (AvgIpc) is 2.87. The number of hydrogen-bond acceptors (Lipinski definition) is 7. The van der Waals surface area contributed by atoms with E-state index in [-0.39, 0.29) is 18.2 Å².